The van der Waals surface area contributed by atoms with Gasteiger partial charge in [0.2, 0.25) is 0 Å². The Bertz CT molecular complexity index is 1120. The van der Waals surface area contributed by atoms with E-state index < -0.39 is 51.1 Å². The minimum Gasteiger partial charge on any atom is -0.480 e. The third kappa shape index (κ3) is 34.3. The predicted octanol–water partition coefficient (Wildman–Crippen LogP) is 9.61. The first-order chi connectivity index (χ1) is 25.1. The van der Waals surface area contributed by atoms with E-state index in [4.69, 9.17) is 24.8 Å². The van der Waals surface area contributed by atoms with Gasteiger partial charge in [0.25, 0.3) is 0 Å². The summed E-state index contributed by atoms with van der Waals surface area (Å²) < 4.78 is 32.5. The van der Waals surface area contributed by atoms with Gasteiger partial charge < -0.3 is 25.2 Å². The summed E-state index contributed by atoms with van der Waals surface area (Å²) in [7, 11) is -4.72. The van der Waals surface area contributed by atoms with Gasteiger partial charge in [-0.2, -0.15) is 0 Å². The Morgan fingerprint density at radius 3 is 1.69 bits per heavy atom. The molecule has 0 rings (SSSR count). The molecule has 0 saturated heterocycles. The van der Waals surface area contributed by atoms with Crippen LogP contribution in [-0.4, -0.2) is 59.9 Å². The van der Waals surface area contributed by atoms with Gasteiger partial charge in [0.15, 0.2) is 6.10 Å². The van der Waals surface area contributed by atoms with Crippen LogP contribution in [0.1, 0.15) is 142 Å². The minimum atomic E-state index is -4.72. The molecule has 3 atom stereocenters. The zero-order chi connectivity index (χ0) is 38.5. The van der Waals surface area contributed by atoms with Gasteiger partial charge in [0.05, 0.1) is 13.2 Å². The van der Waals surface area contributed by atoms with E-state index >= 15 is 0 Å². The molecule has 0 aromatic rings. The fourth-order valence-corrected chi connectivity index (χ4v) is 5.55. The number of nitrogens with two attached hydrogens (primary N) is 1. The van der Waals surface area contributed by atoms with Crippen LogP contribution >= 0.6 is 7.82 Å². The zero-order valence-corrected chi connectivity index (χ0v) is 32.8. The third-order valence-electron chi connectivity index (χ3n) is 7.84. The fraction of sp³-hybridized carbons (Fsp3) is 0.675. The maximum Gasteiger partial charge on any atom is 0.472 e. The largest absolute Gasteiger partial charge is 0.480 e. The summed E-state index contributed by atoms with van der Waals surface area (Å²) in [6, 6.07) is -1.53. The van der Waals surface area contributed by atoms with Crippen LogP contribution in [0.4, 0.5) is 0 Å². The van der Waals surface area contributed by atoms with E-state index in [1.807, 2.05) is 36.5 Å². The Balaban J connectivity index is 4.51. The summed E-state index contributed by atoms with van der Waals surface area (Å²) in [6.45, 7) is 2.58. The second-order valence-corrected chi connectivity index (χ2v) is 14.2. The Labute approximate surface area is 313 Å². The van der Waals surface area contributed by atoms with Crippen molar-refractivity contribution in [1.29, 1.82) is 0 Å². The van der Waals surface area contributed by atoms with Gasteiger partial charge in [-0.15, -0.1) is 0 Å². The van der Waals surface area contributed by atoms with Crippen LogP contribution in [0.2, 0.25) is 0 Å². The second-order valence-electron chi connectivity index (χ2n) is 12.8. The summed E-state index contributed by atoms with van der Waals surface area (Å²) >= 11 is 0. The van der Waals surface area contributed by atoms with Gasteiger partial charge >= 0.3 is 25.7 Å². The van der Waals surface area contributed by atoms with Crippen LogP contribution in [0.5, 0.6) is 0 Å². The van der Waals surface area contributed by atoms with Crippen LogP contribution in [0.25, 0.3) is 0 Å². The number of carbonyl (C=O) groups is 3. The standard InChI is InChI=1S/C40H68NO10P/c1-3-5-7-9-11-13-15-17-18-20-21-23-25-27-29-31-38(42)48-33-36(34-49-52(46,47)50-35-37(41)40(44)45)51-39(43)32-30-28-26-24-22-19-16-14-12-10-8-6-4-2/h5,7,9,11,13,15,17-19,22,36-37H,3-4,6,8,10,12,14,16,20-21,23-35,41H2,1-2H3,(H,44,45)(H,46,47)/b7-5+,11-9+,15-13+,18-17+,22-19+/t36-,37+/m1/s1. The number of allylic oxidation sites excluding steroid dienone is 10. The molecule has 11 nitrogen and oxygen atoms in total. The quantitative estimate of drug-likeness (QED) is 0.0185. The van der Waals surface area contributed by atoms with Crippen LogP contribution < -0.4 is 5.73 Å². The molecule has 0 aromatic heterocycles. The van der Waals surface area contributed by atoms with Crippen molar-refractivity contribution in [3.05, 3.63) is 60.8 Å². The van der Waals surface area contributed by atoms with E-state index in [0.717, 1.165) is 64.2 Å². The highest BCUT2D eigenvalue weighted by Gasteiger charge is 2.28. The van der Waals surface area contributed by atoms with Crippen LogP contribution in [0, 0.1) is 0 Å². The molecular weight excluding hydrogens is 685 g/mol. The van der Waals surface area contributed by atoms with Gasteiger partial charge in [-0.1, -0.05) is 132 Å². The molecule has 0 spiro atoms. The Hall–Kier alpha value is -2.82. The minimum absolute atomic E-state index is 0.132. The molecule has 0 amide bonds. The molecular formula is C40H68NO10P. The molecule has 12 heteroatoms. The van der Waals surface area contributed by atoms with Gasteiger partial charge in [0.1, 0.15) is 12.6 Å². The Morgan fingerprint density at radius 1 is 0.615 bits per heavy atom. The first kappa shape index (κ1) is 49.2. The molecule has 0 aliphatic rings. The third-order valence-corrected chi connectivity index (χ3v) is 8.79. The van der Waals surface area contributed by atoms with Crippen molar-refractivity contribution in [3.8, 4) is 0 Å². The van der Waals surface area contributed by atoms with Gasteiger partial charge in [0, 0.05) is 12.8 Å². The molecule has 298 valence electrons. The van der Waals surface area contributed by atoms with Crippen molar-refractivity contribution in [3.63, 3.8) is 0 Å². The molecule has 0 aliphatic heterocycles. The van der Waals surface area contributed by atoms with E-state index in [1.165, 1.54) is 38.5 Å². The van der Waals surface area contributed by atoms with Gasteiger partial charge in [-0.25, -0.2) is 4.57 Å². The predicted molar refractivity (Wildman–Crippen MR) is 208 cm³/mol. The molecule has 52 heavy (non-hydrogen) atoms. The number of carbonyl (C=O) groups excluding carboxylic acids is 2. The lowest BCUT2D eigenvalue weighted by Gasteiger charge is -2.20. The zero-order valence-electron chi connectivity index (χ0n) is 31.9. The molecule has 0 heterocycles. The number of esters is 2. The Morgan fingerprint density at radius 2 is 1.10 bits per heavy atom. The van der Waals surface area contributed by atoms with Crippen molar-refractivity contribution in [2.24, 2.45) is 5.73 Å². The summed E-state index contributed by atoms with van der Waals surface area (Å²) in [5, 5.41) is 8.86. The number of phosphoric acid groups is 1. The van der Waals surface area contributed by atoms with Crippen LogP contribution in [0.3, 0.4) is 0 Å². The lowest BCUT2D eigenvalue weighted by molar-refractivity contribution is -0.161. The van der Waals surface area contributed by atoms with Crippen LogP contribution in [0.15, 0.2) is 60.8 Å². The monoisotopic (exact) mass is 753 g/mol. The number of carboxylic acid groups (broad SMARTS) is 1. The van der Waals surface area contributed by atoms with E-state index in [0.29, 0.717) is 12.8 Å². The van der Waals surface area contributed by atoms with Crippen molar-refractivity contribution in [2.75, 3.05) is 19.8 Å². The first-order valence-corrected chi connectivity index (χ1v) is 20.9. The van der Waals surface area contributed by atoms with Gasteiger partial charge in [-0.3, -0.25) is 23.4 Å². The lowest BCUT2D eigenvalue weighted by Crippen LogP contribution is -2.34. The number of hydrogen-bond donors (Lipinski definition) is 3. The Kier molecular flexibility index (Phi) is 33.3. The van der Waals surface area contributed by atoms with E-state index in [1.54, 1.807) is 0 Å². The molecule has 4 N–H and O–H groups in total. The summed E-state index contributed by atoms with van der Waals surface area (Å²) in [4.78, 5) is 45.8. The maximum absolute atomic E-state index is 12.6. The van der Waals surface area contributed by atoms with Crippen LogP contribution in [-0.2, 0) is 37.5 Å². The summed E-state index contributed by atoms with van der Waals surface area (Å²) in [5.74, 6) is -2.44. The maximum atomic E-state index is 12.6. The number of ether oxygens (including phenoxy) is 2. The highest BCUT2D eigenvalue weighted by Crippen LogP contribution is 2.43. The number of unbranched alkanes of at least 4 members (excludes halogenated alkanes) is 14. The average molecular weight is 754 g/mol. The highest BCUT2D eigenvalue weighted by molar-refractivity contribution is 7.47. The van der Waals surface area contributed by atoms with Gasteiger partial charge in [-0.05, 0) is 57.8 Å². The average Bonchev–Trinajstić information content (AvgIpc) is 3.12. The topological polar surface area (TPSA) is 172 Å². The fourth-order valence-electron chi connectivity index (χ4n) is 4.77. The molecule has 1 unspecified atom stereocenters. The molecule has 0 aromatic carbocycles. The normalized spacial score (nSPS) is 14.5. The molecule has 0 bridgehead atoms. The summed E-state index contributed by atoms with van der Waals surface area (Å²) in [5.41, 5.74) is 5.31. The van der Waals surface area contributed by atoms with E-state index in [9.17, 15) is 23.8 Å². The molecule has 0 fully saturated rings. The van der Waals surface area contributed by atoms with Crippen molar-refractivity contribution in [2.45, 2.75) is 154 Å². The molecule has 0 aliphatic carbocycles. The molecule has 0 radical (unpaired) electrons. The van der Waals surface area contributed by atoms with Crippen molar-refractivity contribution >= 4 is 25.7 Å². The van der Waals surface area contributed by atoms with E-state index in [2.05, 4.69) is 42.7 Å². The smallest absolute Gasteiger partial charge is 0.472 e. The number of aliphatic carboxylic acids is 1. The van der Waals surface area contributed by atoms with E-state index in [-0.39, 0.29) is 19.4 Å². The van der Waals surface area contributed by atoms with Crippen molar-refractivity contribution < 1.29 is 47.5 Å². The van der Waals surface area contributed by atoms with Crippen molar-refractivity contribution in [1.82, 2.24) is 0 Å². The highest BCUT2D eigenvalue weighted by atomic mass is 31.2. The number of carboxylic acids is 1. The number of hydrogen-bond acceptors (Lipinski definition) is 9. The second kappa shape index (κ2) is 35.2. The summed E-state index contributed by atoms with van der Waals surface area (Å²) in [6.07, 6.45) is 38.6. The first-order valence-electron chi connectivity index (χ1n) is 19.4. The molecule has 0 saturated carbocycles. The number of phosphoric ester groups is 1. The SMILES string of the molecule is CC/C=C/C=C/C=C/C=C/CCCCCCCC(=O)OC[C@H](COP(=O)(O)OC[C@H](N)C(=O)O)OC(=O)CCCCC/C=C/CCCCCCCC. The number of rotatable bonds is 35. The lowest BCUT2D eigenvalue weighted by atomic mass is 10.1.